The molecule has 120 valence electrons. The molecule has 1 amide bonds. The van der Waals surface area contributed by atoms with Gasteiger partial charge in [-0.2, -0.15) is 0 Å². The van der Waals surface area contributed by atoms with E-state index in [4.69, 9.17) is 0 Å². The van der Waals surface area contributed by atoms with Gasteiger partial charge in [-0.15, -0.1) is 0 Å². The minimum atomic E-state index is -0.366. The van der Waals surface area contributed by atoms with Crippen molar-refractivity contribution < 1.29 is 14.0 Å². The first-order valence-electron chi connectivity index (χ1n) is 7.67. The van der Waals surface area contributed by atoms with Crippen LogP contribution in [0.3, 0.4) is 0 Å². The highest BCUT2D eigenvalue weighted by Gasteiger charge is 2.10. The minimum absolute atomic E-state index is 0.0714. The summed E-state index contributed by atoms with van der Waals surface area (Å²) in [7, 11) is 0. The standard InChI is InChI=1S/C19H20FNO2/c1-3-14-5-7-15(8-6-14)18(22)10-11-19(23)21-16-9-4-13(2)17(20)12-16/h4-9,12H,3,10-11H2,1-2H3,(H,21,23). The van der Waals surface area contributed by atoms with Gasteiger partial charge in [0.2, 0.25) is 5.91 Å². The second kappa shape index (κ2) is 7.68. The van der Waals surface area contributed by atoms with E-state index in [2.05, 4.69) is 12.2 Å². The third-order valence-corrected chi connectivity index (χ3v) is 3.72. The second-order valence-electron chi connectivity index (χ2n) is 5.49. The zero-order chi connectivity index (χ0) is 16.8. The van der Waals surface area contributed by atoms with Gasteiger partial charge in [-0.25, -0.2) is 4.39 Å². The molecule has 0 aliphatic carbocycles. The quantitative estimate of drug-likeness (QED) is 0.808. The zero-order valence-corrected chi connectivity index (χ0v) is 13.4. The lowest BCUT2D eigenvalue weighted by molar-refractivity contribution is -0.116. The first-order chi connectivity index (χ1) is 11.0. The molecule has 0 aliphatic heterocycles. The number of hydrogen-bond acceptors (Lipinski definition) is 2. The topological polar surface area (TPSA) is 46.2 Å². The van der Waals surface area contributed by atoms with E-state index in [1.165, 1.54) is 11.6 Å². The number of carbonyl (C=O) groups is 2. The van der Waals surface area contributed by atoms with Gasteiger partial charge in [0, 0.05) is 24.1 Å². The van der Waals surface area contributed by atoms with Crippen LogP contribution in [0.15, 0.2) is 42.5 Å². The number of amides is 1. The first kappa shape index (κ1) is 16.9. The highest BCUT2D eigenvalue weighted by molar-refractivity contribution is 6.00. The van der Waals surface area contributed by atoms with Crippen molar-refractivity contribution in [3.63, 3.8) is 0 Å². The van der Waals surface area contributed by atoms with Crippen LogP contribution in [0.25, 0.3) is 0 Å². The number of Topliss-reactive ketones (excluding diaryl/α,β-unsaturated/α-hetero) is 1. The summed E-state index contributed by atoms with van der Waals surface area (Å²) >= 11 is 0. The molecule has 1 N–H and O–H groups in total. The van der Waals surface area contributed by atoms with E-state index >= 15 is 0 Å². The van der Waals surface area contributed by atoms with E-state index in [-0.39, 0.29) is 30.3 Å². The van der Waals surface area contributed by atoms with Crippen molar-refractivity contribution in [3.05, 3.63) is 65.0 Å². The summed E-state index contributed by atoms with van der Waals surface area (Å²) in [5, 5.41) is 2.60. The Morgan fingerprint density at radius 1 is 1.04 bits per heavy atom. The molecule has 2 aromatic rings. The van der Waals surface area contributed by atoms with Crippen LogP contribution in [0.1, 0.15) is 41.3 Å². The molecule has 2 rings (SSSR count). The SMILES string of the molecule is CCc1ccc(C(=O)CCC(=O)Nc2ccc(C)c(F)c2)cc1. The number of nitrogens with one attached hydrogen (secondary N) is 1. The molecular formula is C19H20FNO2. The van der Waals surface area contributed by atoms with E-state index in [9.17, 15) is 14.0 Å². The lowest BCUT2D eigenvalue weighted by atomic mass is 10.0. The Labute approximate surface area is 135 Å². The van der Waals surface area contributed by atoms with Gasteiger partial charge < -0.3 is 5.32 Å². The van der Waals surface area contributed by atoms with E-state index in [1.807, 2.05) is 12.1 Å². The minimum Gasteiger partial charge on any atom is -0.326 e. The number of benzene rings is 2. The number of carbonyl (C=O) groups excluding carboxylic acids is 2. The number of ketones is 1. The Morgan fingerprint density at radius 3 is 2.35 bits per heavy atom. The van der Waals surface area contributed by atoms with Crippen molar-refractivity contribution >= 4 is 17.4 Å². The molecule has 23 heavy (non-hydrogen) atoms. The second-order valence-corrected chi connectivity index (χ2v) is 5.49. The summed E-state index contributed by atoms with van der Waals surface area (Å²) < 4.78 is 13.4. The van der Waals surface area contributed by atoms with Crippen LogP contribution in [-0.4, -0.2) is 11.7 Å². The van der Waals surface area contributed by atoms with Crippen molar-refractivity contribution in [2.75, 3.05) is 5.32 Å². The van der Waals surface area contributed by atoms with Gasteiger partial charge in [0.15, 0.2) is 5.78 Å². The fourth-order valence-electron chi connectivity index (χ4n) is 2.19. The average Bonchev–Trinajstić information content (AvgIpc) is 2.56. The maximum absolute atomic E-state index is 13.4. The third-order valence-electron chi connectivity index (χ3n) is 3.72. The smallest absolute Gasteiger partial charge is 0.224 e. The van der Waals surface area contributed by atoms with E-state index in [1.54, 1.807) is 31.2 Å². The predicted octanol–water partition coefficient (Wildman–Crippen LogP) is 4.30. The normalized spacial score (nSPS) is 10.4. The van der Waals surface area contributed by atoms with Crippen LogP contribution in [0, 0.1) is 12.7 Å². The monoisotopic (exact) mass is 313 g/mol. The van der Waals surface area contributed by atoms with Gasteiger partial charge >= 0.3 is 0 Å². The largest absolute Gasteiger partial charge is 0.326 e. The van der Waals surface area contributed by atoms with E-state index in [0.717, 1.165) is 6.42 Å². The van der Waals surface area contributed by atoms with Crippen molar-refractivity contribution in [2.45, 2.75) is 33.1 Å². The molecule has 0 bridgehead atoms. The number of halogens is 1. The van der Waals surface area contributed by atoms with Crippen molar-refractivity contribution in [2.24, 2.45) is 0 Å². The summed E-state index contributed by atoms with van der Waals surface area (Å²) in [6, 6.07) is 11.9. The lowest BCUT2D eigenvalue weighted by Crippen LogP contribution is -2.13. The molecular weight excluding hydrogens is 293 g/mol. The maximum atomic E-state index is 13.4. The average molecular weight is 313 g/mol. The van der Waals surface area contributed by atoms with Crippen LogP contribution in [0.2, 0.25) is 0 Å². The Kier molecular flexibility index (Phi) is 5.63. The summed E-state index contributed by atoms with van der Waals surface area (Å²) in [5.41, 5.74) is 2.70. The molecule has 0 radical (unpaired) electrons. The molecule has 0 heterocycles. The van der Waals surface area contributed by atoms with Crippen molar-refractivity contribution in [1.29, 1.82) is 0 Å². The number of hydrogen-bond donors (Lipinski definition) is 1. The summed E-state index contributed by atoms with van der Waals surface area (Å²) in [5.74, 6) is -0.737. The Balaban J connectivity index is 1.87. The van der Waals surface area contributed by atoms with Gasteiger partial charge in [-0.05, 0) is 36.6 Å². The molecule has 0 saturated carbocycles. The Morgan fingerprint density at radius 2 is 1.74 bits per heavy atom. The van der Waals surface area contributed by atoms with Crippen LogP contribution in [0.5, 0.6) is 0 Å². The maximum Gasteiger partial charge on any atom is 0.224 e. The summed E-state index contributed by atoms with van der Waals surface area (Å²) in [6.07, 6.45) is 1.12. The van der Waals surface area contributed by atoms with Gasteiger partial charge in [-0.3, -0.25) is 9.59 Å². The van der Waals surface area contributed by atoms with Crippen LogP contribution in [-0.2, 0) is 11.2 Å². The van der Waals surface area contributed by atoms with Gasteiger partial charge in [0.1, 0.15) is 5.82 Å². The first-order valence-corrected chi connectivity index (χ1v) is 7.67. The number of anilines is 1. The molecule has 4 heteroatoms. The molecule has 0 fully saturated rings. The summed E-state index contributed by atoms with van der Waals surface area (Å²) in [4.78, 5) is 23.9. The van der Waals surface area contributed by atoms with Crippen molar-refractivity contribution in [3.8, 4) is 0 Å². The molecule has 0 aromatic heterocycles. The van der Waals surface area contributed by atoms with E-state index in [0.29, 0.717) is 16.8 Å². The van der Waals surface area contributed by atoms with Gasteiger partial charge in [0.05, 0.1) is 0 Å². The Bertz CT molecular complexity index is 708. The molecule has 3 nitrogen and oxygen atoms in total. The number of rotatable bonds is 6. The zero-order valence-electron chi connectivity index (χ0n) is 13.4. The molecule has 0 unspecified atom stereocenters. The number of aryl methyl sites for hydroxylation is 2. The van der Waals surface area contributed by atoms with Crippen LogP contribution >= 0.6 is 0 Å². The van der Waals surface area contributed by atoms with Crippen molar-refractivity contribution in [1.82, 2.24) is 0 Å². The van der Waals surface area contributed by atoms with Crippen LogP contribution in [0.4, 0.5) is 10.1 Å². The fraction of sp³-hybridized carbons (Fsp3) is 0.263. The highest BCUT2D eigenvalue weighted by Crippen LogP contribution is 2.14. The molecule has 0 atom stereocenters. The fourth-order valence-corrected chi connectivity index (χ4v) is 2.19. The predicted molar refractivity (Wildman–Crippen MR) is 89.2 cm³/mol. The molecule has 0 saturated heterocycles. The highest BCUT2D eigenvalue weighted by atomic mass is 19.1. The van der Waals surface area contributed by atoms with Gasteiger partial charge in [0.25, 0.3) is 0 Å². The molecule has 0 spiro atoms. The molecule has 2 aromatic carbocycles. The molecule has 0 aliphatic rings. The van der Waals surface area contributed by atoms with Crippen LogP contribution < -0.4 is 5.32 Å². The van der Waals surface area contributed by atoms with E-state index < -0.39 is 0 Å². The summed E-state index contributed by atoms with van der Waals surface area (Å²) in [6.45, 7) is 3.71. The van der Waals surface area contributed by atoms with Gasteiger partial charge in [-0.1, -0.05) is 37.3 Å². The lowest BCUT2D eigenvalue weighted by Gasteiger charge is -2.06. The Hall–Kier alpha value is -2.49. The third kappa shape index (κ3) is 4.74.